The van der Waals surface area contributed by atoms with Crippen LogP contribution in [0, 0.1) is 13.8 Å². The summed E-state index contributed by atoms with van der Waals surface area (Å²) in [5.74, 6) is 0.262. The number of nitrogens with one attached hydrogen (secondary N) is 1. The van der Waals surface area contributed by atoms with Gasteiger partial charge in [-0.3, -0.25) is 9.59 Å². The molecular formula is C19H21NO4S. The molecule has 25 heavy (non-hydrogen) atoms. The SMILES string of the molecule is Cc1ccc(C)c(OCC(=O)Nc2cccc(CSCC(=O)O)c2)c1. The number of aliphatic carboxylic acids is 1. The van der Waals surface area contributed by atoms with Crippen LogP contribution in [0.5, 0.6) is 5.75 Å². The molecular weight excluding hydrogens is 338 g/mol. The zero-order valence-electron chi connectivity index (χ0n) is 14.2. The molecule has 0 heterocycles. The summed E-state index contributed by atoms with van der Waals surface area (Å²) in [5.41, 5.74) is 3.69. The average Bonchev–Trinajstić information content (AvgIpc) is 2.56. The average molecular weight is 359 g/mol. The van der Waals surface area contributed by atoms with Crippen LogP contribution in [0.4, 0.5) is 5.69 Å². The van der Waals surface area contributed by atoms with E-state index in [9.17, 15) is 9.59 Å². The van der Waals surface area contributed by atoms with Gasteiger partial charge in [0, 0.05) is 11.4 Å². The first kappa shape index (κ1) is 18.9. The summed E-state index contributed by atoms with van der Waals surface area (Å²) in [4.78, 5) is 22.6. The van der Waals surface area contributed by atoms with Crippen LogP contribution in [0.3, 0.4) is 0 Å². The lowest BCUT2D eigenvalue weighted by Crippen LogP contribution is -2.20. The van der Waals surface area contributed by atoms with Crippen molar-refractivity contribution in [2.24, 2.45) is 0 Å². The van der Waals surface area contributed by atoms with Crippen LogP contribution in [0.1, 0.15) is 16.7 Å². The highest BCUT2D eigenvalue weighted by atomic mass is 32.2. The van der Waals surface area contributed by atoms with E-state index in [0.717, 1.165) is 16.7 Å². The number of carbonyl (C=O) groups excluding carboxylic acids is 1. The number of aryl methyl sites for hydroxylation is 2. The summed E-state index contributed by atoms with van der Waals surface area (Å²) >= 11 is 1.32. The molecule has 2 N–H and O–H groups in total. The maximum absolute atomic E-state index is 12.1. The standard InChI is InChI=1S/C19H21NO4S/c1-13-6-7-14(2)17(8-13)24-10-18(21)20-16-5-3-4-15(9-16)11-25-12-19(22)23/h3-9H,10-12H2,1-2H3,(H,20,21)(H,22,23). The van der Waals surface area contributed by atoms with E-state index in [0.29, 0.717) is 17.2 Å². The van der Waals surface area contributed by atoms with Crippen molar-refractivity contribution in [1.82, 2.24) is 0 Å². The number of thioether (sulfide) groups is 1. The minimum atomic E-state index is -0.835. The zero-order valence-corrected chi connectivity index (χ0v) is 15.1. The Balaban J connectivity index is 1.87. The summed E-state index contributed by atoms with van der Waals surface area (Å²) in [7, 11) is 0. The van der Waals surface area contributed by atoms with E-state index in [1.165, 1.54) is 11.8 Å². The smallest absolute Gasteiger partial charge is 0.313 e. The van der Waals surface area contributed by atoms with Crippen molar-refractivity contribution >= 4 is 29.3 Å². The number of amides is 1. The van der Waals surface area contributed by atoms with Crippen LogP contribution in [-0.4, -0.2) is 29.3 Å². The number of hydrogen-bond acceptors (Lipinski definition) is 4. The molecule has 0 atom stereocenters. The van der Waals surface area contributed by atoms with Gasteiger partial charge in [-0.25, -0.2) is 0 Å². The number of benzene rings is 2. The van der Waals surface area contributed by atoms with E-state index >= 15 is 0 Å². The third-order valence-corrected chi connectivity index (χ3v) is 4.40. The number of carbonyl (C=O) groups is 2. The van der Waals surface area contributed by atoms with Gasteiger partial charge in [0.25, 0.3) is 5.91 Å². The van der Waals surface area contributed by atoms with Crippen LogP contribution >= 0.6 is 11.8 Å². The van der Waals surface area contributed by atoms with Crippen molar-refractivity contribution in [1.29, 1.82) is 0 Å². The molecule has 0 aliphatic rings. The topological polar surface area (TPSA) is 75.6 Å². The second-order valence-electron chi connectivity index (χ2n) is 5.69. The number of ether oxygens (including phenoxy) is 1. The van der Waals surface area contributed by atoms with Crippen LogP contribution in [0.25, 0.3) is 0 Å². The molecule has 0 radical (unpaired) electrons. The minimum absolute atomic E-state index is 0.0558. The number of anilines is 1. The Bertz CT molecular complexity index is 761. The lowest BCUT2D eigenvalue weighted by atomic mass is 10.1. The van der Waals surface area contributed by atoms with Gasteiger partial charge >= 0.3 is 5.97 Å². The molecule has 0 saturated carbocycles. The van der Waals surface area contributed by atoms with Gasteiger partial charge in [0.05, 0.1) is 5.75 Å². The molecule has 0 aromatic heterocycles. The predicted octanol–water partition coefficient (Wildman–Crippen LogP) is 3.64. The van der Waals surface area contributed by atoms with Gasteiger partial charge < -0.3 is 15.2 Å². The molecule has 0 spiro atoms. The van der Waals surface area contributed by atoms with Gasteiger partial charge in [-0.05, 0) is 48.7 Å². The number of hydrogen-bond donors (Lipinski definition) is 2. The lowest BCUT2D eigenvalue weighted by molar-refractivity contribution is -0.133. The van der Waals surface area contributed by atoms with Crippen molar-refractivity contribution in [2.75, 3.05) is 17.7 Å². The molecule has 0 aliphatic carbocycles. The first-order valence-corrected chi connectivity index (χ1v) is 8.98. The Hall–Kier alpha value is -2.47. The molecule has 2 rings (SSSR count). The van der Waals surface area contributed by atoms with E-state index in [2.05, 4.69) is 5.32 Å². The maximum Gasteiger partial charge on any atom is 0.313 e. The van der Waals surface area contributed by atoms with Gasteiger partial charge in [0.15, 0.2) is 6.61 Å². The van der Waals surface area contributed by atoms with Crippen molar-refractivity contribution < 1.29 is 19.4 Å². The Morgan fingerprint density at radius 3 is 2.72 bits per heavy atom. The molecule has 0 bridgehead atoms. The van der Waals surface area contributed by atoms with Crippen molar-refractivity contribution in [2.45, 2.75) is 19.6 Å². The summed E-state index contributed by atoms with van der Waals surface area (Å²) in [5, 5.41) is 11.5. The highest BCUT2D eigenvalue weighted by Gasteiger charge is 2.07. The summed E-state index contributed by atoms with van der Waals surface area (Å²) in [6, 6.07) is 13.2. The molecule has 6 heteroatoms. The summed E-state index contributed by atoms with van der Waals surface area (Å²) in [6.07, 6.45) is 0. The van der Waals surface area contributed by atoms with Crippen molar-refractivity contribution in [3.8, 4) is 5.75 Å². The largest absolute Gasteiger partial charge is 0.483 e. The first-order chi connectivity index (χ1) is 11.9. The van der Waals surface area contributed by atoms with E-state index in [1.807, 2.05) is 50.2 Å². The third kappa shape index (κ3) is 6.51. The fraction of sp³-hybridized carbons (Fsp3) is 0.263. The maximum atomic E-state index is 12.1. The molecule has 1 amide bonds. The second-order valence-corrected chi connectivity index (χ2v) is 6.68. The molecule has 2 aromatic carbocycles. The molecule has 2 aromatic rings. The highest BCUT2D eigenvalue weighted by Crippen LogP contribution is 2.19. The summed E-state index contributed by atoms with van der Waals surface area (Å²) < 4.78 is 5.59. The van der Waals surface area contributed by atoms with E-state index in [4.69, 9.17) is 9.84 Å². The number of carboxylic acid groups (broad SMARTS) is 1. The normalized spacial score (nSPS) is 10.3. The minimum Gasteiger partial charge on any atom is -0.483 e. The Labute approximate surface area is 151 Å². The molecule has 132 valence electrons. The molecule has 0 aliphatic heterocycles. The van der Waals surface area contributed by atoms with E-state index in [1.54, 1.807) is 6.07 Å². The Kier molecular flexibility index (Phi) is 6.89. The highest BCUT2D eigenvalue weighted by molar-refractivity contribution is 7.99. The van der Waals surface area contributed by atoms with E-state index in [-0.39, 0.29) is 18.3 Å². The van der Waals surface area contributed by atoms with Crippen LogP contribution in [-0.2, 0) is 15.3 Å². The summed E-state index contributed by atoms with van der Waals surface area (Å²) in [6.45, 7) is 3.84. The van der Waals surface area contributed by atoms with Gasteiger partial charge in [0.1, 0.15) is 5.75 Å². The monoisotopic (exact) mass is 359 g/mol. The lowest BCUT2D eigenvalue weighted by Gasteiger charge is -2.11. The Morgan fingerprint density at radius 1 is 1.16 bits per heavy atom. The zero-order chi connectivity index (χ0) is 18.2. The molecule has 0 unspecified atom stereocenters. The van der Waals surface area contributed by atoms with Crippen LogP contribution in [0.15, 0.2) is 42.5 Å². The molecule has 0 fully saturated rings. The van der Waals surface area contributed by atoms with Crippen LogP contribution < -0.4 is 10.1 Å². The van der Waals surface area contributed by atoms with Gasteiger partial charge in [0.2, 0.25) is 0 Å². The van der Waals surface area contributed by atoms with Crippen LogP contribution in [0.2, 0.25) is 0 Å². The van der Waals surface area contributed by atoms with Crippen molar-refractivity contribution in [3.63, 3.8) is 0 Å². The molecule has 5 nitrogen and oxygen atoms in total. The van der Waals surface area contributed by atoms with Gasteiger partial charge in [-0.2, -0.15) is 0 Å². The predicted molar refractivity (Wildman–Crippen MR) is 100 cm³/mol. The number of rotatable bonds is 8. The fourth-order valence-corrected chi connectivity index (χ4v) is 2.89. The van der Waals surface area contributed by atoms with Gasteiger partial charge in [-0.15, -0.1) is 11.8 Å². The first-order valence-electron chi connectivity index (χ1n) is 7.82. The quantitative estimate of drug-likeness (QED) is 0.753. The second kappa shape index (κ2) is 9.13. The molecule has 0 saturated heterocycles. The third-order valence-electron chi connectivity index (χ3n) is 3.41. The van der Waals surface area contributed by atoms with Gasteiger partial charge in [-0.1, -0.05) is 24.3 Å². The number of carboxylic acids is 1. The Morgan fingerprint density at radius 2 is 1.96 bits per heavy atom. The van der Waals surface area contributed by atoms with E-state index < -0.39 is 5.97 Å². The van der Waals surface area contributed by atoms with Crippen molar-refractivity contribution in [3.05, 3.63) is 59.2 Å². The fourth-order valence-electron chi connectivity index (χ4n) is 2.20.